The molecule has 0 unspecified atom stereocenters. The fraction of sp³-hybridized carbons (Fsp3) is 0.455. The van der Waals surface area contributed by atoms with Gasteiger partial charge in [-0.15, -0.1) is 0 Å². The fourth-order valence-corrected chi connectivity index (χ4v) is 1.82. The molecule has 0 aliphatic heterocycles. The number of hydrogen-bond donors (Lipinski definition) is 2. The van der Waals surface area contributed by atoms with Gasteiger partial charge in [-0.3, -0.25) is 0 Å². The highest BCUT2D eigenvalue weighted by molar-refractivity contribution is 6.39. The quantitative estimate of drug-likeness (QED) is 0.754. The van der Waals surface area contributed by atoms with Gasteiger partial charge >= 0.3 is 0 Å². The maximum Gasteiger partial charge on any atom is 0.0718 e. The van der Waals surface area contributed by atoms with E-state index in [2.05, 4.69) is 5.32 Å². The van der Waals surface area contributed by atoms with Crippen LogP contribution in [-0.4, -0.2) is 18.3 Å². The lowest BCUT2D eigenvalue weighted by atomic mass is 10.2. The minimum Gasteiger partial charge on any atom is -0.396 e. The highest BCUT2D eigenvalue weighted by Gasteiger charge is 2.03. The lowest BCUT2D eigenvalue weighted by Gasteiger charge is -2.09. The minimum atomic E-state index is 0.257. The summed E-state index contributed by atoms with van der Waals surface area (Å²) < 4.78 is 0. The molecule has 0 saturated heterocycles. The van der Waals surface area contributed by atoms with Crippen LogP contribution in [-0.2, 0) is 0 Å². The first-order valence-corrected chi connectivity index (χ1v) is 5.80. The van der Waals surface area contributed by atoms with Crippen molar-refractivity contribution in [2.75, 3.05) is 18.5 Å². The summed E-state index contributed by atoms with van der Waals surface area (Å²) in [5.41, 5.74) is 0.796. The van der Waals surface area contributed by atoms with Crippen LogP contribution in [0.1, 0.15) is 19.3 Å². The third-order valence-corrected chi connectivity index (χ3v) is 2.73. The zero-order chi connectivity index (χ0) is 11.1. The van der Waals surface area contributed by atoms with E-state index in [0.29, 0.717) is 10.0 Å². The second kappa shape index (κ2) is 6.94. The predicted octanol–water partition coefficient (Wildman–Crippen LogP) is 3.57. The Labute approximate surface area is 100 Å². The number of hydrogen-bond acceptors (Lipinski definition) is 2. The van der Waals surface area contributed by atoms with Crippen LogP contribution in [0.2, 0.25) is 10.0 Å². The van der Waals surface area contributed by atoms with Gasteiger partial charge in [-0.1, -0.05) is 29.3 Å². The first-order valence-electron chi connectivity index (χ1n) is 5.04. The highest BCUT2D eigenvalue weighted by atomic mass is 35.5. The Hall–Kier alpha value is -0.440. The number of unbranched alkanes of at least 4 members (excludes halogenated alkanes) is 2. The number of anilines is 1. The summed E-state index contributed by atoms with van der Waals surface area (Å²) in [6, 6.07) is 5.44. The molecule has 84 valence electrons. The van der Waals surface area contributed by atoms with Crippen molar-refractivity contribution in [3.8, 4) is 0 Å². The van der Waals surface area contributed by atoms with Crippen LogP contribution in [0, 0.1) is 0 Å². The van der Waals surface area contributed by atoms with E-state index in [1.165, 1.54) is 0 Å². The summed E-state index contributed by atoms with van der Waals surface area (Å²) >= 11 is 12.0. The van der Waals surface area contributed by atoms with Gasteiger partial charge in [0.25, 0.3) is 0 Å². The van der Waals surface area contributed by atoms with Gasteiger partial charge < -0.3 is 10.4 Å². The van der Waals surface area contributed by atoms with Crippen molar-refractivity contribution in [2.45, 2.75) is 19.3 Å². The molecule has 1 aromatic carbocycles. The monoisotopic (exact) mass is 247 g/mol. The number of nitrogens with one attached hydrogen (secondary N) is 1. The molecule has 0 spiro atoms. The lowest BCUT2D eigenvalue weighted by molar-refractivity contribution is 0.283. The van der Waals surface area contributed by atoms with Crippen LogP contribution in [0.5, 0.6) is 0 Å². The van der Waals surface area contributed by atoms with Gasteiger partial charge in [0.1, 0.15) is 0 Å². The number of aliphatic hydroxyl groups is 1. The molecule has 0 saturated carbocycles. The van der Waals surface area contributed by atoms with Crippen molar-refractivity contribution in [3.63, 3.8) is 0 Å². The molecule has 1 rings (SSSR count). The summed E-state index contributed by atoms with van der Waals surface area (Å²) in [6.45, 7) is 1.08. The van der Waals surface area contributed by atoms with Crippen LogP contribution in [0.3, 0.4) is 0 Å². The molecule has 0 fully saturated rings. The number of aliphatic hydroxyl groups excluding tert-OH is 1. The maximum atomic E-state index is 8.61. The Morgan fingerprint density at radius 2 is 1.73 bits per heavy atom. The SMILES string of the molecule is OCCCCCNc1c(Cl)cccc1Cl. The van der Waals surface area contributed by atoms with Crippen molar-refractivity contribution in [3.05, 3.63) is 28.2 Å². The van der Waals surface area contributed by atoms with Crippen LogP contribution in [0.25, 0.3) is 0 Å². The van der Waals surface area contributed by atoms with Crippen LogP contribution < -0.4 is 5.32 Å². The van der Waals surface area contributed by atoms with E-state index in [1.54, 1.807) is 0 Å². The van der Waals surface area contributed by atoms with Gasteiger partial charge in [0.2, 0.25) is 0 Å². The zero-order valence-electron chi connectivity index (χ0n) is 8.47. The fourth-order valence-electron chi connectivity index (χ4n) is 1.29. The number of benzene rings is 1. The molecule has 2 N–H and O–H groups in total. The van der Waals surface area contributed by atoms with Gasteiger partial charge in [-0.25, -0.2) is 0 Å². The lowest BCUT2D eigenvalue weighted by Crippen LogP contribution is -2.02. The van der Waals surface area contributed by atoms with Gasteiger partial charge in [-0.2, -0.15) is 0 Å². The van der Waals surface area contributed by atoms with Crippen LogP contribution in [0.4, 0.5) is 5.69 Å². The zero-order valence-corrected chi connectivity index (χ0v) is 9.98. The number of para-hydroxylation sites is 1. The van der Waals surface area contributed by atoms with E-state index < -0.39 is 0 Å². The van der Waals surface area contributed by atoms with Crippen molar-refractivity contribution < 1.29 is 5.11 Å². The second-order valence-corrected chi connectivity index (χ2v) is 4.12. The molecule has 0 bridgehead atoms. The normalized spacial score (nSPS) is 10.3. The molecular formula is C11H15Cl2NO. The average Bonchev–Trinajstić information content (AvgIpc) is 2.21. The average molecular weight is 248 g/mol. The van der Waals surface area contributed by atoms with E-state index >= 15 is 0 Å². The van der Waals surface area contributed by atoms with E-state index in [4.69, 9.17) is 28.3 Å². The summed E-state index contributed by atoms with van der Waals surface area (Å²) in [7, 11) is 0. The molecule has 1 aromatic rings. The molecule has 0 aliphatic rings. The van der Waals surface area contributed by atoms with Crippen molar-refractivity contribution in [2.24, 2.45) is 0 Å². The number of rotatable bonds is 6. The van der Waals surface area contributed by atoms with E-state index in [0.717, 1.165) is 31.5 Å². The van der Waals surface area contributed by atoms with E-state index in [9.17, 15) is 0 Å². The Bertz CT molecular complexity index is 284. The second-order valence-electron chi connectivity index (χ2n) is 3.31. The Morgan fingerprint density at radius 1 is 1.07 bits per heavy atom. The Morgan fingerprint density at radius 3 is 2.33 bits per heavy atom. The largest absolute Gasteiger partial charge is 0.396 e. The van der Waals surface area contributed by atoms with E-state index in [1.807, 2.05) is 18.2 Å². The molecule has 4 heteroatoms. The van der Waals surface area contributed by atoms with Crippen molar-refractivity contribution >= 4 is 28.9 Å². The molecule has 0 amide bonds. The summed E-state index contributed by atoms with van der Waals surface area (Å²) in [5.74, 6) is 0. The third-order valence-electron chi connectivity index (χ3n) is 2.10. The smallest absolute Gasteiger partial charge is 0.0718 e. The molecule has 0 radical (unpaired) electrons. The Balaban J connectivity index is 2.37. The Kier molecular flexibility index (Phi) is 5.84. The molecule has 0 atom stereocenters. The first kappa shape index (κ1) is 12.6. The van der Waals surface area contributed by atoms with Crippen molar-refractivity contribution in [1.29, 1.82) is 0 Å². The summed E-state index contributed by atoms with van der Waals surface area (Å²) in [6.07, 6.45) is 2.85. The molecule has 0 heterocycles. The van der Waals surface area contributed by atoms with Gasteiger partial charge in [0, 0.05) is 13.2 Å². The maximum absolute atomic E-state index is 8.61. The number of halogens is 2. The first-order chi connectivity index (χ1) is 7.25. The third kappa shape index (κ3) is 4.29. The topological polar surface area (TPSA) is 32.3 Å². The summed E-state index contributed by atoms with van der Waals surface area (Å²) in [4.78, 5) is 0. The standard InChI is InChI=1S/C11H15Cl2NO/c12-9-5-4-6-10(13)11(9)14-7-2-1-3-8-15/h4-6,14-15H,1-3,7-8H2. The van der Waals surface area contributed by atoms with Gasteiger partial charge in [0.05, 0.1) is 15.7 Å². The van der Waals surface area contributed by atoms with E-state index in [-0.39, 0.29) is 6.61 Å². The summed E-state index contributed by atoms with van der Waals surface area (Å²) in [5, 5.41) is 13.1. The van der Waals surface area contributed by atoms with Gasteiger partial charge in [0.15, 0.2) is 0 Å². The molecule has 0 aromatic heterocycles. The van der Waals surface area contributed by atoms with Crippen LogP contribution in [0.15, 0.2) is 18.2 Å². The minimum absolute atomic E-state index is 0.257. The molecule has 0 aliphatic carbocycles. The van der Waals surface area contributed by atoms with Crippen LogP contribution >= 0.6 is 23.2 Å². The predicted molar refractivity (Wildman–Crippen MR) is 65.9 cm³/mol. The molecule has 2 nitrogen and oxygen atoms in total. The molecule has 15 heavy (non-hydrogen) atoms. The van der Waals surface area contributed by atoms with Crippen molar-refractivity contribution in [1.82, 2.24) is 0 Å². The highest BCUT2D eigenvalue weighted by Crippen LogP contribution is 2.29. The van der Waals surface area contributed by atoms with Gasteiger partial charge in [-0.05, 0) is 31.4 Å². The molecular weight excluding hydrogens is 233 g/mol.